The van der Waals surface area contributed by atoms with Crippen molar-refractivity contribution in [1.82, 2.24) is 10.2 Å². The first-order valence-corrected chi connectivity index (χ1v) is 20.9. The molecule has 5 aliphatic rings. The number of nitrogens with one attached hydrogen (secondary N) is 1. The van der Waals surface area contributed by atoms with Gasteiger partial charge in [-0.25, -0.2) is 14.4 Å². The number of cyclic esters (lactones) is 1. The van der Waals surface area contributed by atoms with Crippen LogP contribution in [0.25, 0.3) is 6.08 Å². The highest BCUT2D eigenvalue weighted by atomic mass is 16.8. The average molecular weight is 843 g/mol. The first kappa shape index (κ1) is 43.7. The first-order chi connectivity index (χ1) is 28.9. The van der Waals surface area contributed by atoms with Gasteiger partial charge >= 0.3 is 23.9 Å². The summed E-state index contributed by atoms with van der Waals surface area (Å²) >= 11 is 0. The number of aliphatic hydroxyl groups excluding tert-OH is 1. The molecule has 2 aliphatic carbocycles. The molecule has 326 valence electrons. The minimum absolute atomic E-state index is 0.00244. The van der Waals surface area contributed by atoms with Crippen molar-refractivity contribution in [2.24, 2.45) is 5.41 Å². The molecule has 2 aromatic carbocycles. The molecule has 0 radical (unpaired) electrons. The second-order valence-electron chi connectivity index (χ2n) is 18.1. The summed E-state index contributed by atoms with van der Waals surface area (Å²) in [5, 5.41) is 12.8. The predicted molar refractivity (Wildman–Crippen MR) is 217 cm³/mol. The van der Waals surface area contributed by atoms with Crippen LogP contribution >= 0.6 is 0 Å². The zero-order valence-corrected chi connectivity index (χ0v) is 35.2. The molecule has 6 unspecified atom stereocenters. The van der Waals surface area contributed by atoms with Crippen LogP contribution in [0, 0.1) is 5.41 Å². The number of carbonyl (C=O) groups excluding carboxylic acids is 6. The monoisotopic (exact) mass is 842 g/mol. The fourth-order valence-corrected chi connectivity index (χ4v) is 8.50. The minimum Gasteiger partial charge on any atom is -0.462 e. The average Bonchev–Trinajstić information content (AvgIpc) is 3.99. The highest BCUT2D eigenvalue weighted by Gasteiger charge is 2.55. The van der Waals surface area contributed by atoms with Crippen molar-refractivity contribution in [2.45, 2.75) is 127 Å². The number of hydrogen-bond donors (Lipinski definition) is 2. The van der Waals surface area contributed by atoms with E-state index in [4.69, 9.17) is 28.4 Å². The fraction of sp³-hybridized carbons (Fsp3) is 0.522. The van der Waals surface area contributed by atoms with E-state index in [9.17, 15) is 33.9 Å². The van der Waals surface area contributed by atoms with Crippen LogP contribution in [0.5, 0.6) is 0 Å². The van der Waals surface area contributed by atoms with E-state index in [1.165, 1.54) is 17.1 Å². The molecule has 61 heavy (non-hydrogen) atoms. The second-order valence-corrected chi connectivity index (χ2v) is 18.1. The molecular formula is C46H54N2O13. The molecule has 2 N–H and O–H groups in total. The number of esters is 4. The summed E-state index contributed by atoms with van der Waals surface area (Å²) in [6.07, 6.45) is 3.13. The molecule has 1 spiro atoms. The van der Waals surface area contributed by atoms with Gasteiger partial charge in [-0.1, -0.05) is 50.2 Å². The quantitative estimate of drug-likeness (QED) is 0.178. The largest absolute Gasteiger partial charge is 0.462 e. The third kappa shape index (κ3) is 10.1. The predicted octanol–water partition coefficient (Wildman–Crippen LogP) is 3.92. The fourth-order valence-electron chi connectivity index (χ4n) is 8.50. The van der Waals surface area contributed by atoms with Gasteiger partial charge in [0.05, 0.1) is 18.2 Å². The van der Waals surface area contributed by atoms with Crippen molar-refractivity contribution in [3.8, 4) is 0 Å². The number of nitrogens with zero attached hydrogens (tertiary/aromatic N) is 1. The second kappa shape index (κ2) is 17.5. The molecule has 0 bridgehead atoms. The molecule has 2 aromatic rings. The van der Waals surface area contributed by atoms with Gasteiger partial charge in [-0.3, -0.25) is 14.4 Å². The van der Waals surface area contributed by atoms with Crippen LogP contribution in [0.4, 0.5) is 0 Å². The van der Waals surface area contributed by atoms with Crippen molar-refractivity contribution in [3.05, 3.63) is 88.5 Å². The Bertz CT molecular complexity index is 2080. The number of hydrogen-bond acceptors (Lipinski definition) is 13. The molecular weight excluding hydrogens is 789 g/mol. The van der Waals surface area contributed by atoms with Crippen LogP contribution in [-0.2, 0) is 65.2 Å². The number of ether oxygens (including phenoxy) is 6. The minimum atomic E-state index is -1.02. The van der Waals surface area contributed by atoms with Crippen molar-refractivity contribution < 1.29 is 62.3 Å². The Morgan fingerprint density at radius 2 is 1.70 bits per heavy atom. The lowest BCUT2D eigenvalue weighted by molar-refractivity contribution is -0.172. The topological polar surface area (TPSA) is 193 Å². The van der Waals surface area contributed by atoms with Gasteiger partial charge in [0.15, 0.2) is 5.79 Å². The lowest BCUT2D eigenvalue weighted by atomic mass is 9.90. The highest BCUT2D eigenvalue weighted by Crippen LogP contribution is 2.45. The molecule has 0 aromatic heterocycles. The van der Waals surface area contributed by atoms with Gasteiger partial charge < -0.3 is 43.7 Å². The highest BCUT2D eigenvalue weighted by molar-refractivity contribution is 5.98. The van der Waals surface area contributed by atoms with E-state index in [1.54, 1.807) is 65.0 Å². The van der Waals surface area contributed by atoms with Gasteiger partial charge in [0.1, 0.15) is 36.6 Å². The smallest absolute Gasteiger partial charge is 0.348 e. The molecule has 0 saturated carbocycles. The van der Waals surface area contributed by atoms with E-state index in [2.05, 4.69) is 5.32 Å². The molecule has 3 saturated heterocycles. The lowest BCUT2D eigenvalue weighted by Gasteiger charge is -2.33. The number of aliphatic hydroxyl groups is 1. The normalized spacial score (nSPS) is 25.3. The van der Waals surface area contributed by atoms with Crippen LogP contribution in [0.1, 0.15) is 93.8 Å². The van der Waals surface area contributed by atoms with E-state index >= 15 is 0 Å². The summed E-state index contributed by atoms with van der Waals surface area (Å²) in [4.78, 5) is 80.1. The number of rotatable bonds is 12. The number of benzene rings is 2. The number of likely N-dealkylation sites (tertiary alicyclic amines) is 1. The molecule has 3 heterocycles. The Morgan fingerprint density at radius 1 is 1.00 bits per heavy atom. The van der Waals surface area contributed by atoms with E-state index in [0.29, 0.717) is 43.4 Å². The summed E-state index contributed by atoms with van der Waals surface area (Å²) in [7, 11) is 0. The molecule has 15 heteroatoms. The number of carbonyl (C=O) groups is 6. The van der Waals surface area contributed by atoms with Crippen LogP contribution in [0.3, 0.4) is 0 Å². The summed E-state index contributed by atoms with van der Waals surface area (Å²) in [5.41, 5.74) is 1.98. The van der Waals surface area contributed by atoms with E-state index < -0.39 is 95.6 Å². The van der Waals surface area contributed by atoms with Gasteiger partial charge in [-0.05, 0) is 81.0 Å². The molecule has 6 atom stereocenters. The lowest BCUT2D eigenvalue weighted by Crippen LogP contribution is -2.51. The Balaban J connectivity index is 1.03. The van der Waals surface area contributed by atoms with Crippen LogP contribution in [-0.4, -0.2) is 113 Å². The van der Waals surface area contributed by atoms with Gasteiger partial charge in [-0.2, -0.15) is 0 Å². The van der Waals surface area contributed by atoms with Gasteiger partial charge in [0, 0.05) is 49.3 Å². The van der Waals surface area contributed by atoms with Crippen molar-refractivity contribution in [3.63, 3.8) is 0 Å². The molecule has 3 aliphatic heterocycles. The number of amides is 2. The molecule has 2 amide bonds. The van der Waals surface area contributed by atoms with Crippen LogP contribution in [0.2, 0.25) is 0 Å². The third-order valence-corrected chi connectivity index (χ3v) is 11.6. The Labute approximate surface area is 354 Å². The third-order valence-electron chi connectivity index (χ3n) is 11.6. The maximum Gasteiger partial charge on any atom is 0.348 e. The maximum atomic E-state index is 14.4. The van der Waals surface area contributed by atoms with E-state index in [0.717, 1.165) is 11.1 Å². The maximum absolute atomic E-state index is 14.4. The SMILES string of the molecule is CC(C)(C)OC(=O)CCC(CO)NC(=O)C1CCCN1C(=O)C1=CC2OC3(Cc4ccccc4C3)OC2C(OC(=O)c2ccc(C=CC(=O)OC3C(=O)OCC3(C)C)cc2)C1. The first-order valence-electron chi connectivity index (χ1n) is 20.9. The summed E-state index contributed by atoms with van der Waals surface area (Å²) in [5.74, 6) is -4.25. The van der Waals surface area contributed by atoms with Crippen molar-refractivity contribution in [2.75, 3.05) is 19.8 Å². The summed E-state index contributed by atoms with van der Waals surface area (Å²) < 4.78 is 35.1. The summed E-state index contributed by atoms with van der Waals surface area (Å²) in [6.45, 7) is 8.90. The molecule has 15 nitrogen and oxygen atoms in total. The Hall–Kier alpha value is -5.38. The van der Waals surface area contributed by atoms with Gasteiger partial charge in [0.25, 0.3) is 0 Å². The van der Waals surface area contributed by atoms with Crippen molar-refractivity contribution >= 4 is 41.8 Å². The molecule has 3 fully saturated rings. The Kier molecular flexibility index (Phi) is 12.6. The summed E-state index contributed by atoms with van der Waals surface area (Å²) in [6, 6.07) is 12.8. The molecule has 7 rings (SSSR count). The van der Waals surface area contributed by atoms with E-state index in [1.807, 2.05) is 24.3 Å². The number of fused-ring (bicyclic) bond motifs is 2. The van der Waals surface area contributed by atoms with Crippen LogP contribution < -0.4 is 5.32 Å². The van der Waals surface area contributed by atoms with Gasteiger partial charge in [-0.15, -0.1) is 0 Å². The standard InChI is InChI=1S/C46H54N2O13/c1-44(2,3)60-37(51)19-17-32(25-49)47-40(52)33-11-8-20-48(33)41(53)31-21-34(38-35(22-31)59-46(61-38)23-29-9-6-7-10-30(29)24-46)57-42(54)28-15-12-27(13-16-28)14-18-36(50)58-39-43(55)56-26-45(39,4)5/h6-7,9-10,12-16,18,22,32-35,38-39,49H,8,11,17,19-21,23-26H2,1-5H3,(H,47,52). The van der Waals surface area contributed by atoms with Crippen molar-refractivity contribution in [1.29, 1.82) is 0 Å². The van der Waals surface area contributed by atoms with Gasteiger partial charge in [0.2, 0.25) is 17.9 Å². The zero-order chi connectivity index (χ0) is 43.7. The van der Waals surface area contributed by atoms with Crippen LogP contribution in [0.15, 0.2) is 66.3 Å². The zero-order valence-electron chi connectivity index (χ0n) is 35.2. The van der Waals surface area contributed by atoms with E-state index in [-0.39, 0.29) is 31.4 Å². The Morgan fingerprint density at radius 3 is 2.34 bits per heavy atom.